The zero-order valence-corrected chi connectivity index (χ0v) is 15.9. The van der Waals surface area contributed by atoms with E-state index in [9.17, 15) is 9.59 Å². The Bertz CT molecular complexity index is 894. The second-order valence-electron chi connectivity index (χ2n) is 6.18. The number of carbonyl (C=O) groups excluding carboxylic acids is 2. The molecule has 0 atom stereocenters. The van der Waals surface area contributed by atoms with Crippen molar-refractivity contribution in [1.82, 2.24) is 5.43 Å². The molecule has 2 amide bonds. The minimum absolute atomic E-state index is 0.149. The summed E-state index contributed by atoms with van der Waals surface area (Å²) in [5.74, 6) is 0.160. The van der Waals surface area contributed by atoms with Crippen LogP contribution in [0.2, 0.25) is 5.02 Å². The largest absolute Gasteiger partial charge is 0.496 e. The lowest BCUT2D eigenvalue weighted by Crippen LogP contribution is -2.23. The molecule has 2 aromatic carbocycles. The zero-order chi connectivity index (χ0) is 19.4. The van der Waals surface area contributed by atoms with E-state index >= 15 is 0 Å². The van der Waals surface area contributed by atoms with Gasteiger partial charge in [0.05, 0.1) is 18.4 Å². The molecule has 0 aliphatic carbocycles. The smallest absolute Gasteiger partial charge is 0.275 e. The maximum atomic E-state index is 12.4. The van der Waals surface area contributed by atoms with Gasteiger partial charge in [-0.1, -0.05) is 23.7 Å². The molecule has 7 heteroatoms. The van der Waals surface area contributed by atoms with Crippen LogP contribution in [0.4, 0.5) is 5.69 Å². The van der Waals surface area contributed by atoms with E-state index in [-0.39, 0.29) is 5.91 Å². The van der Waals surface area contributed by atoms with Gasteiger partial charge in [0, 0.05) is 23.7 Å². The SMILES string of the molecule is COc1ccc(Cl)cc1C(=O)NN=C(C)c1ccc(N2CCCC2=O)cc1. The van der Waals surface area contributed by atoms with Gasteiger partial charge in [-0.2, -0.15) is 5.10 Å². The van der Waals surface area contributed by atoms with Crippen LogP contribution < -0.4 is 15.1 Å². The van der Waals surface area contributed by atoms with Gasteiger partial charge in [-0.25, -0.2) is 5.43 Å². The van der Waals surface area contributed by atoms with Crippen molar-refractivity contribution < 1.29 is 14.3 Å². The van der Waals surface area contributed by atoms with E-state index in [1.54, 1.807) is 24.0 Å². The lowest BCUT2D eigenvalue weighted by atomic mass is 10.1. The van der Waals surface area contributed by atoms with Crippen LogP contribution in [0.25, 0.3) is 0 Å². The number of anilines is 1. The molecule has 1 aliphatic rings. The maximum Gasteiger partial charge on any atom is 0.275 e. The number of nitrogens with zero attached hydrogens (tertiary/aromatic N) is 2. The summed E-state index contributed by atoms with van der Waals surface area (Å²) in [6.45, 7) is 2.55. The Hall–Kier alpha value is -2.86. The van der Waals surface area contributed by atoms with Gasteiger partial charge in [-0.15, -0.1) is 0 Å². The van der Waals surface area contributed by atoms with E-state index in [1.165, 1.54) is 13.2 Å². The summed E-state index contributed by atoms with van der Waals surface area (Å²) in [6.07, 6.45) is 1.49. The molecule has 0 bridgehead atoms. The highest BCUT2D eigenvalue weighted by Gasteiger charge is 2.21. The first-order valence-electron chi connectivity index (χ1n) is 8.58. The number of amides is 2. The molecule has 0 unspecified atom stereocenters. The highest BCUT2D eigenvalue weighted by atomic mass is 35.5. The van der Waals surface area contributed by atoms with Gasteiger partial charge in [-0.05, 0) is 49.2 Å². The van der Waals surface area contributed by atoms with Crippen LogP contribution in [0.5, 0.6) is 5.75 Å². The summed E-state index contributed by atoms with van der Waals surface area (Å²) in [5.41, 5.74) is 5.20. The van der Waals surface area contributed by atoms with E-state index in [1.807, 2.05) is 24.3 Å². The lowest BCUT2D eigenvalue weighted by Gasteiger charge is -2.15. The minimum Gasteiger partial charge on any atom is -0.496 e. The van der Waals surface area contributed by atoms with Crippen molar-refractivity contribution in [2.75, 3.05) is 18.6 Å². The number of halogens is 1. The van der Waals surface area contributed by atoms with Crippen molar-refractivity contribution in [1.29, 1.82) is 0 Å². The van der Waals surface area contributed by atoms with E-state index in [0.717, 1.165) is 24.2 Å². The summed E-state index contributed by atoms with van der Waals surface area (Å²) < 4.78 is 5.18. The molecule has 1 aliphatic heterocycles. The third-order valence-corrected chi connectivity index (χ3v) is 4.64. The highest BCUT2D eigenvalue weighted by molar-refractivity contribution is 6.31. The molecule has 2 aromatic rings. The summed E-state index contributed by atoms with van der Waals surface area (Å²) in [4.78, 5) is 26.0. The van der Waals surface area contributed by atoms with Crippen LogP contribution in [-0.4, -0.2) is 31.2 Å². The van der Waals surface area contributed by atoms with Crippen molar-refractivity contribution in [2.45, 2.75) is 19.8 Å². The summed E-state index contributed by atoms with van der Waals surface area (Å²) >= 11 is 5.96. The van der Waals surface area contributed by atoms with Gasteiger partial charge in [0.25, 0.3) is 5.91 Å². The fraction of sp³-hybridized carbons (Fsp3) is 0.250. The van der Waals surface area contributed by atoms with Gasteiger partial charge >= 0.3 is 0 Å². The number of ether oxygens (including phenoxy) is 1. The van der Waals surface area contributed by atoms with Crippen LogP contribution >= 0.6 is 11.6 Å². The molecule has 1 fully saturated rings. The lowest BCUT2D eigenvalue weighted by molar-refractivity contribution is -0.117. The number of hydrogen-bond acceptors (Lipinski definition) is 4. The Kier molecular flexibility index (Phi) is 5.76. The van der Waals surface area contributed by atoms with Crippen molar-refractivity contribution in [3.63, 3.8) is 0 Å². The molecule has 0 radical (unpaired) electrons. The fourth-order valence-corrected chi connectivity index (χ4v) is 3.09. The molecule has 3 rings (SSSR count). The van der Waals surface area contributed by atoms with Crippen LogP contribution in [0.3, 0.4) is 0 Å². The second kappa shape index (κ2) is 8.22. The third-order valence-electron chi connectivity index (χ3n) is 4.40. The van der Waals surface area contributed by atoms with Crippen molar-refractivity contribution in [3.8, 4) is 5.75 Å². The Labute approximate surface area is 162 Å². The first kappa shape index (κ1) is 18.9. The van der Waals surface area contributed by atoms with E-state index in [0.29, 0.717) is 28.5 Å². The number of benzene rings is 2. The monoisotopic (exact) mass is 385 g/mol. The topological polar surface area (TPSA) is 71.0 Å². The first-order valence-corrected chi connectivity index (χ1v) is 8.96. The molecule has 1 saturated heterocycles. The Morgan fingerprint density at radius 2 is 1.96 bits per heavy atom. The zero-order valence-electron chi connectivity index (χ0n) is 15.2. The average Bonchev–Trinajstić information content (AvgIpc) is 3.11. The molecule has 1 N–H and O–H groups in total. The van der Waals surface area contributed by atoms with Crippen LogP contribution in [0.1, 0.15) is 35.7 Å². The number of rotatable bonds is 5. The number of nitrogens with one attached hydrogen (secondary N) is 1. The standard InChI is InChI=1S/C20H20ClN3O3/c1-13(14-5-8-16(9-6-14)24-11-3-4-19(24)25)22-23-20(26)17-12-15(21)7-10-18(17)27-2/h5-10,12H,3-4,11H2,1-2H3,(H,23,26). The molecule has 6 nitrogen and oxygen atoms in total. The third kappa shape index (κ3) is 4.28. The molecule has 0 spiro atoms. The normalized spacial score (nSPS) is 14.4. The van der Waals surface area contributed by atoms with Gasteiger partial charge in [-0.3, -0.25) is 9.59 Å². The van der Waals surface area contributed by atoms with Crippen LogP contribution in [0.15, 0.2) is 47.6 Å². The number of methoxy groups -OCH3 is 1. The van der Waals surface area contributed by atoms with Crippen LogP contribution in [-0.2, 0) is 4.79 Å². The first-order chi connectivity index (χ1) is 13.0. The summed E-state index contributed by atoms with van der Waals surface area (Å²) in [7, 11) is 1.49. The Morgan fingerprint density at radius 1 is 1.22 bits per heavy atom. The molecule has 1 heterocycles. The summed E-state index contributed by atoms with van der Waals surface area (Å²) in [6, 6.07) is 12.4. The second-order valence-corrected chi connectivity index (χ2v) is 6.61. The average molecular weight is 386 g/mol. The Morgan fingerprint density at radius 3 is 2.59 bits per heavy atom. The van der Waals surface area contributed by atoms with E-state index in [4.69, 9.17) is 16.3 Å². The van der Waals surface area contributed by atoms with Gasteiger partial charge < -0.3 is 9.64 Å². The fourth-order valence-electron chi connectivity index (χ4n) is 2.92. The number of hydrogen-bond donors (Lipinski definition) is 1. The maximum absolute atomic E-state index is 12.4. The van der Waals surface area contributed by atoms with E-state index < -0.39 is 5.91 Å². The van der Waals surface area contributed by atoms with E-state index in [2.05, 4.69) is 10.5 Å². The van der Waals surface area contributed by atoms with Crippen molar-refractivity contribution in [3.05, 3.63) is 58.6 Å². The van der Waals surface area contributed by atoms with Crippen LogP contribution in [0, 0.1) is 0 Å². The molecular weight excluding hydrogens is 366 g/mol. The van der Waals surface area contributed by atoms with Crippen molar-refractivity contribution >= 4 is 34.8 Å². The molecule has 0 saturated carbocycles. The van der Waals surface area contributed by atoms with Gasteiger partial charge in [0.2, 0.25) is 5.91 Å². The van der Waals surface area contributed by atoms with Crippen molar-refractivity contribution in [2.24, 2.45) is 5.10 Å². The predicted octanol–water partition coefficient (Wildman–Crippen LogP) is 3.63. The molecular formula is C20H20ClN3O3. The molecule has 0 aromatic heterocycles. The van der Waals surface area contributed by atoms with Gasteiger partial charge in [0.15, 0.2) is 0 Å². The predicted molar refractivity (Wildman–Crippen MR) is 106 cm³/mol. The molecule has 27 heavy (non-hydrogen) atoms. The number of carbonyl (C=O) groups is 2. The quantitative estimate of drug-likeness (QED) is 0.631. The Balaban J connectivity index is 1.71. The minimum atomic E-state index is -0.409. The summed E-state index contributed by atoms with van der Waals surface area (Å²) in [5, 5.41) is 4.59. The number of hydrazone groups is 1. The highest BCUT2D eigenvalue weighted by Crippen LogP contribution is 2.23. The molecule has 140 valence electrons. The van der Waals surface area contributed by atoms with Gasteiger partial charge in [0.1, 0.15) is 5.75 Å².